The van der Waals surface area contributed by atoms with Gasteiger partial charge < -0.3 is 0 Å². The van der Waals surface area contributed by atoms with Crippen molar-refractivity contribution in [3.8, 4) is 0 Å². The zero-order valence-electron chi connectivity index (χ0n) is 9.52. The van der Waals surface area contributed by atoms with Crippen LogP contribution in [0.25, 0.3) is 0 Å². The summed E-state index contributed by atoms with van der Waals surface area (Å²) in [5.74, 6) is 0.748. The van der Waals surface area contributed by atoms with Crippen LogP contribution in [0.2, 0.25) is 5.54 Å². The molecule has 1 rings (SSSR count). The Morgan fingerprint density at radius 2 is 2.13 bits per heavy atom. The van der Waals surface area contributed by atoms with Crippen molar-refractivity contribution in [2.75, 3.05) is 0 Å². The van der Waals surface area contributed by atoms with E-state index in [0.29, 0.717) is 5.54 Å². The Morgan fingerprint density at radius 3 is 2.80 bits per heavy atom. The van der Waals surface area contributed by atoms with Crippen LogP contribution in [-0.4, -0.2) is 7.42 Å². The van der Waals surface area contributed by atoms with Gasteiger partial charge in [0.1, 0.15) is 0 Å². The molecule has 2 unspecified atom stereocenters. The highest BCUT2D eigenvalue weighted by molar-refractivity contribution is 7.34. The van der Waals surface area contributed by atoms with Gasteiger partial charge in [0.05, 0.1) is 0 Å². The van der Waals surface area contributed by atoms with E-state index >= 15 is 0 Å². The molecular formula is C12H21Cl2Si. The summed E-state index contributed by atoms with van der Waals surface area (Å²) in [7, 11) is -1.09. The van der Waals surface area contributed by atoms with E-state index in [-0.39, 0.29) is 0 Å². The molecule has 1 fully saturated rings. The van der Waals surface area contributed by atoms with Crippen molar-refractivity contribution >= 4 is 29.6 Å². The smallest absolute Gasteiger partial charge is 0.146 e. The first kappa shape index (κ1) is 13.6. The van der Waals surface area contributed by atoms with Crippen molar-refractivity contribution < 1.29 is 0 Å². The second-order valence-electron chi connectivity index (χ2n) is 4.48. The predicted octanol–water partition coefficient (Wildman–Crippen LogP) is 5.26. The molecule has 87 valence electrons. The number of hydrogen-bond acceptors (Lipinski definition) is 0. The second kappa shape index (κ2) is 7.75. The monoisotopic (exact) mass is 263 g/mol. The molecule has 1 saturated carbocycles. The van der Waals surface area contributed by atoms with Crippen LogP contribution < -0.4 is 0 Å². The van der Waals surface area contributed by atoms with Crippen LogP contribution in [0.1, 0.15) is 51.9 Å². The molecule has 1 aliphatic carbocycles. The normalized spacial score (nSPS) is 27.7. The molecule has 0 spiro atoms. The Balaban J connectivity index is 2.26. The van der Waals surface area contributed by atoms with Crippen molar-refractivity contribution in [1.29, 1.82) is 0 Å². The van der Waals surface area contributed by atoms with Crippen LogP contribution in [0, 0.1) is 5.92 Å². The van der Waals surface area contributed by atoms with E-state index in [9.17, 15) is 0 Å². The molecular weight excluding hydrogens is 243 g/mol. The molecule has 0 heterocycles. The largest absolute Gasteiger partial charge is 0.277 e. The molecule has 0 bridgehead atoms. The maximum absolute atomic E-state index is 6.05. The second-order valence-corrected chi connectivity index (χ2v) is 8.90. The van der Waals surface area contributed by atoms with Gasteiger partial charge in [-0.05, 0) is 30.7 Å². The van der Waals surface area contributed by atoms with Crippen molar-refractivity contribution in [3.05, 3.63) is 12.2 Å². The molecule has 1 aliphatic rings. The predicted molar refractivity (Wildman–Crippen MR) is 71.8 cm³/mol. The third-order valence-electron chi connectivity index (χ3n) is 3.16. The molecule has 0 N–H and O–H groups in total. The van der Waals surface area contributed by atoms with E-state index in [1.54, 1.807) is 0 Å². The van der Waals surface area contributed by atoms with Crippen molar-refractivity contribution in [1.82, 2.24) is 0 Å². The van der Waals surface area contributed by atoms with Gasteiger partial charge in [0.25, 0.3) is 7.42 Å². The maximum Gasteiger partial charge on any atom is 0.277 e. The first-order valence-corrected chi connectivity index (χ1v) is 9.68. The van der Waals surface area contributed by atoms with Crippen LogP contribution in [0.5, 0.6) is 0 Å². The Kier molecular flexibility index (Phi) is 7.03. The van der Waals surface area contributed by atoms with Gasteiger partial charge in [0.15, 0.2) is 0 Å². The lowest BCUT2D eigenvalue weighted by Gasteiger charge is -2.26. The van der Waals surface area contributed by atoms with Gasteiger partial charge in [-0.15, -0.1) is 22.2 Å². The molecule has 15 heavy (non-hydrogen) atoms. The lowest BCUT2D eigenvalue weighted by molar-refractivity contribution is 0.417. The highest BCUT2D eigenvalue weighted by atomic mass is 35.7. The van der Waals surface area contributed by atoms with E-state index in [2.05, 4.69) is 19.1 Å². The average molecular weight is 264 g/mol. The molecule has 0 amide bonds. The zero-order valence-corrected chi connectivity index (χ0v) is 12.0. The Hall–Kier alpha value is 0.537. The number of allylic oxidation sites excluding steroid dienone is 2. The average Bonchev–Trinajstić information content (AvgIpc) is 2.25. The van der Waals surface area contributed by atoms with Crippen LogP contribution in [0.4, 0.5) is 0 Å². The first-order valence-electron chi connectivity index (χ1n) is 6.08. The van der Waals surface area contributed by atoms with E-state index in [1.807, 2.05) is 0 Å². The van der Waals surface area contributed by atoms with Gasteiger partial charge in [0, 0.05) is 0 Å². The molecule has 1 radical (unpaired) electrons. The molecule has 0 aromatic heterocycles. The van der Waals surface area contributed by atoms with Gasteiger partial charge in [0.2, 0.25) is 0 Å². The Morgan fingerprint density at radius 1 is 1.33 bits per heavy atom. The fourth-order valence-electron chi connectivity index (χ4n) is 2.21. The lowest BCUT2D eigenvalue weighted by atomic mass is 9.88. The molecule has 2 atom stereocenters. The standard InChI is InChI=1S/C12H21Cl2Si/c1-2-3-4-5-7-11-8-6-9-12(10-11)15(13)14/h5,7,11-12H,2-4,6,8-10H2,1H3. The zero-order chi connectivity index (χ0) is 11.1. The summed E-state index contributed by atoms with van der Waals surface area (Å²) in [6.07, 6.45) is 13.7. The first-order chi connectivity index (χ1) is 7.24. The van der Waals surface area contributed by atoms with Gasteiger partial charge in [-0.25, -0.2) is 0 Å². The molecule has 3 heteroatoms. The molecule has 0 aromatic carbocycles. The number of halogens is 2. The SMILES string of the molecule is CCCCC=CC1CCCC([Si](Cl)Cl)C1. The van der Waals surface area contributed by atoms with Crippen molar-refractivity contribution in [3.63, 3.8) is 0 Å². The van der Waals surface area contributed by atoms with Crippen LogP contribution in [0.15, 0.2) is 12.2 Å². The molecule has 0 aromatic rings. The van der Waals surface area contributed by atoms with E-state index in [4.69, 9.17) is 22.2 Å². The Labute approximate surface area is 105 Å². The Bertz CT molecular complexity index is 192. The highest BCUT2D eigenvalue weighted by Crippen LogP contribution is 2.38. The summed E-state index contributed by atoms with van der Waals surface area (Å²) in [6, 6.07) is 0. The quantitative estimate of drug-likeness (QED) is 0.275. The summed E-state index contributed by atoms with van der Waals surface area (Å²) in [6.45, 7) is 2.24. The number of unbranched alkanes of at least 4 members (excludes halogenated alkanes) is 2. The number of hydrogen-bond donors (Lipinski definition) is 0. The van der Waals surface area contributed by atoms with Gasteiger partial charge in [-0.2, -0.15) is 0 Å². The summed E-state index contributed by atoms with van der Waals surface area (Å²) >= 11 is 12.1. The van der Waals surface area contributed by atoms with E-state index < -0.39 is 7.42 Å². The molecule has 0 aliphatic heterocycles. The summed E-state index contributed by atoms with van der Waals surface area (Å²) in [4.78, 5) is 0. The minimum absolute atomic E-state index is 0.618. The third kappa shape index (κ3) is 5.42. The maximum atomic E-state index is 6.05. The van der Waals surface area contributed by atoms with Crippen LogP contribution in [0.3, 0.4) is 0 Å². The third-order valence-corrected chi connectivity index (χ3v) is 6.15. The number of rotatable bonds is 5. The fraction of sp³-hybridized carbons (Fsp3) is 0.833. The summed E-state index contributed by atoms with van der Waals surface area (Å²) in [5.41, 5.74) is 0.618. The van der Waals surface area contributed by atoms with Gasteiger partial charge in [-0.1, -0.05) is 44.8 Å². The lowest BCUT2D eigenvalue weighted by Crippen LogP contribution is -2.17. The minimum Gasteiger partial charge on any atom is -0.146 e. The minimum atomic E-state index is -1.09. The summed E-state index contributed by atoms with van der Waals surface area (Å²) < 4.78 is 0. The van der Waals surface area contributed by atoms with Crippen LogP contribution >= 0.6 is 22.2 Å². The van der Waals surface area contributed by atoms with E-state index in [0.717, 1.165) is 5.92 Å². The van der Waals surface area contributed by atoms with E-state index in [1.165, 1.54) is 44.9 Å². The molecule has 0 saturated heterocycles. The van der Waals surface area contributed by atoms with Crippen molar-refractivity contribution in [2.45, 2.75) is 57.4 Å². The summed E-state index contributed by atoms with van der Waals surface area (Å²) in [5, 5.41) is 0. The van der Waals surface area contributed by atoms with Crippen molar-refractivity contribution in [2.24, 2.45) is 5.92 Å². The topological polar surface area (TPSA) is 0 Å². The van der Waals surface area contributed by atoms with Crippen LogP contribution in [-0.2, 0) is 0 Å². The van der Waals surface area contributed by atoms with Gasteiger partial charge >= 0.3 is 0 Å². The molecule has 0 nitrogen and oxygen atoms in total. The van der Waals surface area contributed by atoms with Gasteiger partial charge in [-0.3, -0.25) is 0 Å². The fourth-order valence-corrected chi connectivity index (χ4v) is 4.30. The highest BCUT2D eigenvalue weighted by Gasteiger charge is 2.26.